The van der Waals surface area contributed by atoms with E-state index in [1.807, 2.05) is 30.3 Å². The van der Waals surface area contributed by atoms with Crippen LogP contribution in [-0.4, -0.2) is 43.2 Å². The van der Waals surface area contributed by atoms with E-state index in [0.717, 1.165) is 12.1 Å². The zero-order chi connectivity index (χ0) is 20.6. The molecule has 1 amide bonds. The molecule has 29 heavy (non-hydrogen) atoms. The van der Waals surface area contributed by atoms with Gasteiger partial charge in [0.25, 0.3) is 0 Å². The third-order valence-electron chi connectivity index (χ3n) is 4.55. The Labute approximate surface area is 168 Å². The Kier molecular flexibility index (Phi) is 7.05. The lowest BCUT2D eigenvalue weighted by molar-refractivity contribution is -0.124. The number of nitrogens with zero attached hydrogens (tertiary/aromatic N) is 1. The van der Waals surface area contributed by atoms with Gasteiger partial charge in [0.2, 0.25) is 5.91 Å². The fourth-order valence-corrected chi connectivity index (χ4v) is 3.21. The summed E-state index contributed by atoms with van der Waals surface area (Å²) in [5.41, 5.74) is 1.71. The first-order valence-electron chi connectivity index (χ1n) is 9.55. The number of hydrogen-bond donors (Lipinski definition) is 1. The summed E-state index contributed by atoms with van der Waals surface area (Å²) in [5.74, 6) is 0.101. The molecular formula is C22H24F2N2O3. The van der Waals surface area contributed by atoms with Gasteiger partial charge in [0.15, 0.2) is 11.5 Å². The molecule has 154 valence electrons. The van der Waals surface area contributed by atoms with Crippen LogP contribution in [0.15, 0.2) is 54.6 Å². The van der Waals surface area contributed by atoms with Crippen LogP contribution in [0.3, 0.4) is 0 Å². The third kappa shape index (κ3) is 5.94. The number of carbonyl (C=O) groups excluding carboxylic acids is 1. The smallest absolute Gasteiger partial charge is 0.387 e. The van der Waals surface area contributed by atoms with Crippen LogP contribution >= 0.6 is 0 Å². The molecule has 1 unspecified atom stereocenters. The lowest BCUT2D eigenvalue weighted by atomic mass is 10.2. The number of carbonyl (C=O) groups is 1. The maximum absolute atomic E-state index is 12.5. The monoisotopic (exact) mass is 402 g/mol. The minimum Gasteiger partial charge on any atom is -0.490 e. The Morgan fingerprint density at radius 3 is 2.76 bits per heavy atom. The van der Waals surface area contributed by atoms with Crippen molar-refractivity contribution in [2.24, 2.45) is 0 Å². The summed E-state index contributed by atoms with van der Waals surface area (Å²) in [6, 6.07) is 14.7. The van der Waals surface area contributed by atoms with E-state index < -0.39 is 6.61 Å². The summed E-state index contributed by atoms with van der Waals surface area (Å²) in [6.45, 7) is 0.452. The Balaban J connectivity index is 1.59. The summed E-state index contributed by atoms with van der Waals surface area (Å²) in [6.07, 6.45) is 4.02. The number of rotatable bonds is 8. The van der Waals surface area contributed by atoms with Crippen molar-refractivity contribution in [1.82, 2.24) is 4.90 Å². The molecular weight excluding hydrogens is 378 g/mol. The van der Waals surface area contributed by atoms with Crippen molar-refractivity contribution < 1.29 is 23.0 Å². The van der Waals surface area contributed by atoms with Crippen molar-refractivity contribution in [3.05, 3.63) is 60.2 Å². The van der Waals surface area contributed by atoms with Gasteiger partial charge in [0.1, 0.15) is 0 Å². The first-order valence-corrected chi connectivity index (χ1v) is 9.55. The van der Waals surface area contributed by atoms with Gasteiger partial charge >= 0.3 is 6.61 Å². The highest BCUT2D eigenvalue weighted by Gasteiger charge is 2.24. The Morgan fingerprint density at radius 2 is 2.03 bits per heavy atom. The zero-order valence-electron chi connectivity index (χ0n) is 16.2. The number of likely N-dealkylation sites (tertiary alicyclic amines) is 1. The fourth-order valence-electron chi connectivity index (χ4n) is 3.21. The van der Waals surface area contributed by atoms with E-state index in [1.165, 1.54) is 12.1 Å². The van der Waals surface area contributed by atoms with Crippen molar-refractivity contribution in [1.29, 1.82) is 0 Å². The van der Waals surface area contributed by atoms with Gasteiger partial charge < -0.3 is 19.7 Å². The van der Waals surface area contributed by atoms with E-state index >= 15 is 0 Å². The van der Waals surface area contributed by atoms with E-state index in [9.17, 15) is 13.6 Å². The second-order valence-corrected chi connectivity index (χ2v) is 6.63. The fraction of sp³-hybridized carbons (Fsp3) is 0.318. The topological polar surface area (TPSA) is 50.8 Å². The standard InChI is InChI=1S/C22H24F2N2O3/c1-2-28-20-14-16(8-10-19(20)29-22(23)24)9-11-21(27)26-13-12-18(15-26)25-17-6-4-3-5-7-17/h3-11,14,18,22,25H,2,12-13,15H2,1H3/b11-9+. The number of alkyl halides is 2. The summed E-state index contributed by atoms with van der Waals surface area (Å²) in [7, 11) is 0. The lowest BCUT2D eigenvalue weighted by Crippen LogP contribution is -2.30. The van der Waals surface area contributed by atoms with Crippen molar-refractivity contribution in [2.45, 2.75) is 26.0 Å². The molecule has 0 saturated carbocycles. The predicted molar refractivity (Wildman–Crippen MR) is 108 cm³/mol. The molecule has 0 aromatic heterocycles. The van der Waals surface area contributed by atoms with E-state index in [-0.39, 0.29) is 23.4 Å². The minimum atomic E-state index is -2.93. The molecule has 0 radical (unpaired) electrons. The van der Waals surface area contributed by atoms with E-state index in [4.69, 9.17) is 4.74 Å². The average molecular weight is 402 g/mol. The molecule has 7 heteroatoms. The van der Waals surface area contributed by atoms with E-state index in [1.54, 1.807) is 30.0 Å². The van der Waals surface area contributed by atoms with Crippen molar-refractivity contribution in [3.63, 3.8) is 0 Å². The third-order valence-corrected chi connectivity index (χ3v) is 4.55. The van der Waals surface area contributed by atoms with Gasteiger partial charge in [-0.15, -0.1) is 0 Å². The van der Waals surface area contributed by atoms with Crippen LogP contribution in [0.1, 0.15) is 18.9 Å². The second-order valence-electron chi connectivity index (χ2n) is 6.63. The Hall–Kier alpha value is -3.09. The maximum Gasteiger partial charge on any atom is 0.387 e. The number of hydrogen-bond acceptors (Lipinski definition) is 4. The quantitative estimate of drug-likeness (QED) is 0.665. The molecule has 1 aliphatic rings. The highest BCUT2D eigenvalue weighted by molar-refractivity contribution is 5.92. The van der Waals surface area contributed by atoms with Crippen LogP contribution in [0.2, 0.25) is 0 Å². The van der Waals surface area contributed by atoms with Gasteiger partial charge in [0, 0.05) is 30.9 Å². The van der Waals surface area contributed by atoms with Gasteiger partial charge in [-0.05, 0) is 49.2 Å². The summed E-state index contributed by atoms with van der Waals surface area (Å²) < 4.78 is 34.8. The number of nitrogens with one attached hydrogen (secondary N) is 1. The van der Waals surface area contributed by atoms with Crippen molar-refractivity contribution in [3.8, 4) is 11.5 Å². The van der Waals surface area contributed by atoms with Crippen LogP contribution in [0.5, 0.6) is 11.5 Å². The number of halogens is 2. The number of para-hydroxylation sites is 1. The zero-order valence-corrected chi connectivity index (χ0v) is 16.2. The van der Waals surface area contributed by atoms with Gasteiger partial charge in [-0.25, -0.2) is 0 Å². The maximum atomic E-state index is 12.5. The summed E-state index contributed by atoms with van der Waals surface area (Å²) in [4.78, 5) is 14.3. The number of ether oxygens (including phenoxy) is 2. The Bertz CT molecular complexity index is 843. The van der Waals surface area contributed by atoms with Gasteiger partial charge in [-0.2, -0.15) is 8.78 Å². The Morgan fingerprint density at radius 1 is 1.24 bits per heavy atom. The average Bonchev–Trinajstić information content (AvgIpc) is 3.17. The largest absolute Gasteiger partial charge is 0.490 e. The van der Waals surface area contributed by atoms with Gasteiger partial charge in [-0.3, -0.25) is 4.79 Å². The summed E-state index contributed by atoms with van der Waals surface area (Å²) in [5, 5.41) is 3.43. The predicted octanol–water partition coefficient (Wildman–Crippen LogP) is 4.41. The number of benzene rings is 2. The van der Waals surface area contributed by atoms with Crippen molar-refractivity contribution in [2.75, 3.05) is 25.0 Å². The molecule has 1 N–H and O–H groups in total. The van der Waals surface area contributed by atoms with E-state index in [2.05, 4.69) is 10.1 Å². The number of anilines is 1. The molecule has 2 aromatic carbocycles. The molecule has 1 saturated heterocycles. The highest BCUT2D eigenvalue weighted by Crippen LogP contribution is 2.30. The van der Waals surface area contributed by atoms with Crippen LogP contribution in [0, 0.1) is 0 Å². The molecule has 1 heterocycles. The molecule has 1 atom stereocenters. The van der Waals surface area contributed by atoms with Crippen LogP contribution < -0.4 is 14.8 Å². The first-order chi connectivity index (χ1) is 14.0. The minimum absolute atomic E-state index is 0.0281. The molecule has 1 fully saturated rings. The summed E-state index contributed by atoms with van der Waals surface area (Å²) >= 11 is 0. The molecule has 0 bridgehead atoms. The van der Waals surface area contributed by atoms with Crippen molar-refractivity contribution >= 4 is 17.7 Å². The molecule has 2 aromatic rings. The second kappa shape index (κ2) is 9.91. The van der Waals surface area contributed by atoms with E-state index in [0.29, 0.717) is 25.3 Å². The molecule has 0 spiro atoms. The molecule has 1 aliphatic heterocycles. The lowest BCUT2D eigenvalue weighted by Gasteiger charge is -2.16. The molecule has 5 nitrogen and oxygen atoms in total. The SMILES string of the molecule is CCOc1cc(/C=C/C(=O)N2CCC(Nc3ccccc3)C2)ccc1OC(F)F. The van der Waals surface area contributed by atoms with Crippen LogP contribution in [0.25, 0.3) is 6.08 Å². The van der Waals surface area contributed by atoms with Crippen LogP contribution in [-0.2, 0) is 4.79 Å². The van der Waals surface area contributed by atoms with Gasteiger partial charge in [-0.1, -0.05) is 24.3 Å². The first kappa shape index (κ1) is 20.6. The highest BCUT2D eigenvalue weighted by atomic mass is 19.3. The molecule has 3 rings (SSSR count). The normalized spacial score (nSPS) is 16.4. The van der Waals surface area contributed by atoms with Gasteiger partial charge in [0.05, 0.1) is 6.61 Å². The van der Waals surface area contributed by atoms with Crippen LogP contribution in [0.4, 0.5) is 14.5 Å². The number of amides is 1. The molecule has 0 aliphatic carbocycles.